The Labute approximate surface area is 173 Å². The number of aromatic nitrogens is 4. The number of hydrogen-bond donors (Lipinski definition) is 0. The Balaban J connectivity index is 1.49. The molecule has 0 fully saturated rings. The van der Waals surface area contributed by atoms with E-state index in [9.17, 15) is 0 Å². The molecule has 0 aliphatic carbocycles. The minimum Gasteiger partial charge on any atom is -0.467 e. The van der Waals surface area contributed by atoms with Gasteiger partial charge < -0.3 is 9.26 Å². The molecule has 2 aromatic carbocycles. The summed E-state index contributed by atoms with van der Waals surface area (Å²) in [4.78, 5) is 14.7. The molecule has 146 valence electrons. The molecule has 7 heteroatoms. The van der Waals surface area contributed by atoms with E-state index >= 15 is 0 Å². The van der Waals surface area contributed by atoms with Gasteiger partial charge in [0.25, 0.3) is 5.89 Å². The highest BCUT2D eigenvalue weighted by molar-refractivity contribution is 7.98. The molecule has 2 aromatic heterocycles. The van der Waals surface area contributed by atoms with Gasteiger partial charge in [-0.15, -0.1) is 11.8 Å². The lowest BCUT2D eigenvalue weighted by atomic mass is 10.2. The third-order valence-corrected chi connectivity index (χ3v) is 5.05. The Morgan fingerprint density at radius 1 is 0.897 bits per heavy atom. The van der Waals surface area contributed by atoms with Crippen molar-refractivity contribution in [3.05, 3.63) is 72.2 Å². The average molecular weight is 404 g/mol. The first-order chi connectivity index (χ1) is 14.2. The van der Waals surface area contributed by atoms with E-state index < -0.39 is 0 Å². The number of benzene rings is 2. The van der Waals surface area contributed by atoms with Crippen LogP contribution in [0.1, 0.15) is 18.5 Å². The molecular formula is C22H20N4O2S. The largest absolute Gasteiger partial charge is 0.467 e. The predicted molar refractivity (Wildman–Crippen MR) is 113 cm³/mol. The maximum atomic E-state index is 5.83. The van der Waals surface area contributed by atoms with Crippen LogP contribution >= 0.6 is 11.8 Å². The van der Waals surface area contributed by atoms with E-state index in [4.69, 9.17) is 9.26 Å². The Bertz CT molecular complexity index is 1080. The minimum absolute atomic E-state index is 0.143. The number of aryl methyl sites for hydroxylation is 1. The molecule has 0 bridgehead atoms. The number of rotatable bonds is 7. The molecule has 0 N–H and O–H groups in total. The van der Waals surface area contributed by atoms with E-state index in [0.29, 0.717) is 23.4 Å². The molecule has 6 nitrogen and oxygen atoms in total. The maximum absolute atomic E-state index is 5.83. The van der Waals surface area contributed by atoms with Gasteiger partial charge in [-0.05, 0) is 36.9 Å². The summed E-state index contributed by atoms with van der Waals surface area (Å²) in [6, 6.07) is 19.7. The van der Waals surface area contributed by atoms with Gasteiger partial charge in [-0.2, -0.15) is 9.97 Å². The average Bonchev–Trinajstić information content (AvgIpc) is 3.27. The van der Waals surface area contributed by atoms with Gasteiger partial charge >= 0.3 is 0 Å². The second kappa shape index (κ2) is 8.87. The molecule has 0 saturated heterocycles. The normalized spacial score (nSPS) is 10.8. The fourth-order valence-corrected chi connectivity index (χ4v) is 3.16. The third kappa shape index (κ3) is 4.63. The van der Waals surface area contributed by atoms with Gasteiger partial charge in [0, 0.05) is 27.8 Å². The lowest BCUT2D eigenvalue weighted by molar-refractivity contribution is 0.235. The molecule has 0 aliphatic rings. The van der Waals surface area contributed by atoms with Gasteiger partial charge in [0.2, 0.25) is 11.7 Å². The lowest BCUT2D eigenvalue weighted by Gasteiger charge is -2.07. The number of nitrogens with zero attached hydrogens (tertiary/aromatic N) is 4. The molecule has 2 heterocycles. The molecule has 29 heavy (non-hydrogen) atoms. The van der Waals surface area contributed by atoms with E-state index in [2.05, 4.69) is 20.1 Å². The smallest absolute Gasteiger partial charge is 0.264 e. The fourth-order valence-electron chi connectivity index (χ4n) is 2.75. The molecule has 0 radical (unpaired) electrons. The highest BCUT2D eigenvalue weighted by Crippen LogP contribution is 2.22. The number of thioether (sulfide) groups is 1. The second-order valence-electron chi connectivity index (χ2n) is 6.27. The van der Waals surface area contributed by atoms with Crippen LogP contribution in [0.15, 0.2) is 70.1 Å². The first-order valence-corrected chi connectivity index (χ1v) is 10.5. The Morgan fingerprint density at radius 2 is 1.66 bits per heavy atom. The molecular weight excluding hydrogens is 384 g/mol. The van der Waals surface area contributed by atoms with Crippen molar-refractivity contribution in [2.75, 3.05) is 6.26 Å². The zero-order valence-corrected chi connectivity index (χ0v) is 17.0. The van der Waals surface area contributed by atoms with E-state index in [1.807, 2.05) is 73.8 Å². The Kier molecular flexibility index (Phi) is 5.86. The van der Waals surface area contributed by atoms with Crippen LogP contribution in [0.3, 0.4) is 0 Å². The molecule has 0 unspecified atom stereocenters. The topological polar surface area (TPSA) is 73.9 Å². The summed E-state index contributed by atoms with van der Waals surface area (Å²) in [5, 5.41) is 4.05. The van der Waals surface area contributed by atoms with Crippen molar-refractivity contribution < 1.29 is 9.26 Å². The Hall–Kier alpha value is -3.19. The zero-order valence-electron chi connectivity index (χ0n) is 16.2. The van der Waals surface area contributed by atoms with Gasteiger partial charge in [-0.25, -0.2) is 4.98 Å². The molecule has 0 amide bonds. The molecule has 0 atom stereocenters. The van der Waals surface area contributed by atoms with Crippen molar-refractivity contribution in [3.8, 4) is 28.7 Å². The highest BCUT2D eigenvalue weighted by atomic mass is 32.2. The van der Waals surface area contributed by atoms with E-state index in [1.54, 1.807) is 11.8 Å². The van der Waals surface area contributed by atoms with E-state index in [0.717, 1.165) is 23.2 Å². The van der Waals surface area contributed by atoms with E-state index in [-0.39, 0.29) is 6.61 Å². The van der Waals surface area contributed by atoms with Crippen molar-refractivity contribution in [2.24, 2.45) is 0 Å². The van der Waals surface area contributed by atoms with Crippen LogP contribution in [-0.4, -0.2) is 26.4 Å². The monoisotopic (exact) mass is 404 g/mol. The van der Waals surface area contributed by atoms with Crippen molar-refractivity contribution in [3.63, 3.8) is 0 Å². The first-order valence-electron chi connectivity index (χ1n) is 9.28. The quantitative estimate of drug-likeness (QED) is 0.399. The van der Waals surface area contributed by atoms with Gasteiger partial charge in [0.1, 0.15) is 0 Å². The summed E-state index contributed by atoms with van der Waals surface area (Å²) >= 11 is 1.69. The van der Waals surface area contributed by atoms with Crippen molar-refractivity contribution in [1.29, 1.82) is 0 Å². The molecule has 4 rings (SSSR count). The zero-order chi connectivity index (χ0) is 20.1. The second-order valence-corrected chi connectivity index (χ2v) is 7.15. The molecule has 4 aromatic rings. The lowest BCUT2D eigenvalue weighted by Crippen LogP contribution is -2.02. The highest BCUT2D eigenvalue weighted by Gasteiger charge is 2.12. The van der Waals surface area contributed by atoms with Crippen molar-refractivity contribution in [2.45, 2.75) is 24.8 Å². The van der Waals surface area contributed by atoms with Gasteiger partial charge in [0.15, 0.2) is 12.4 Å². The van der Waals surface area contributed by atoms with Crippen LogP contribution in [0.5, 0.6) is 5.88 Å². The maximum Gasteiger partial charge on any atom is 0.264 e. The fraction of sp³-hybridized carbons (Fsp3) is 0.182. The summed E-state index contributed by atoms with van der Waals surface area (Å²) < 4.78 is 11.2. The summed E-state index contributed by atoms with van der Waals surface area (Å²) in [6.45, 7) is 2.19. The van der Waals surface area contributed by atoms with Crippen molar-refractivity contribution in [1.82, 2.24) is 20.1 Å². The summed E-state index contributed by atoms with van der Waals surface area (Å²) in [5.41, 5.74) is 2.76. The van der Waals surface area contributed by atoms with Gasteiger partial charge in [0.05, 0.1) is 0 Å². The van der Waals surface area contributed by atoms with Crippen LogP contribution < -0.4 is 4.74 Å². The van der Waals surface area contributed by atoms with Crippen LogP contribution in [0.2, 0.25) is 0 Å². The molecule has 0 aliphatic heterocycles. The summed E-state index contributed by atoms with van der Waals surface area (Å²) in [7, 11) is 0. The molecule has 0 spiro atoms. The van der Waals surface area contributed by atoms with Crippen LogP contribution in [0, 0.1) is 0 Å². The van der Waals surface area contributed by atoms with Gasteiger partial charge in [-0.3, -0.25) is 0 Å². The van der Waals surface area contributed by atoms with Crippen LogP contribution in [0.4, 0.5) is 0 Å². The minimum atomic E-state index is 0.143. The van der Waals surface area contributed by atoms with Crippen LogP contribution in [0.25, 0.3) is 22.8 Å². The Morgan fingerprint density at radius 3 is 2.38 bits per heavy atom. The SMILES string of the molecule is CCc1cc(OCc2nc(-c3ccc(SC)cc3)no2)nc(-c2ccccc2)n1. The first kappa shape index (κ1) is 19.1. The number of hydrogen-bond acceptors (Lipinski definition) is 7. The summed E-state index contributed by atoms with van der Waals surface area (Å²) in [5.74, 6) is 2.06. The predicted octanol–water partition coefficient (Wildman–Crippen LogP) is 5.06. The summed E-state index contributed by atoms with van der Waals surface area (Å²) in [6.07, 6.45) is 2.83. The number of ether oxygens (including phenoxy) is 1. The van der Waals surface area contributed by atoms with E-state index in [1.165, 1.54) is 4.90 Å². The van der Waals surface area contributed by atoms with Crippen LogP contribution in [-0.2, 0) is 13.0 Å². The standard InChI is InChI=1S/C22H20N4O2S/c1-3-17-13-19(24-21(23-17)15-7-5-4-6-8-15)27-14-20-25-22(26-28-20)16-9-11-18(29-2)12-10-16/h4-13H,3,14H2,1-2H3. The third-order valence-electron chi connectivity index (χ3n) is 4.31. The van der Waals surface area contributed by atoms with Crippen molar-refractivity contribution >= 4 is 11.8 Å². The molecule has 0 saturated carbocycles. The van der Waals surface area contributed by atoms with Gasteiger partial charge in [-0.1, -0.05) is 42.4 Å².